The molecule has 0 bridgehead atoms. The highest BCUT2D eigenvalue weighted by Gasteiger charge is 2.02. The van der Waals surface area contributed by atoms with Crippen molar-refractivity contribution in [1.29, 1.82) is 0 Å². The maximum Gasteiger partial charge on any atom is 0.219 e. The van der Waals surface area contributed by atoms with Gasteiger partial charge in [-0.3, -0.25) is 9.78 Å². The maximum atomic E-state index is 11.2. The van der Waals surface area contributed by atoms with Crippen molar-refractivity contribution < 1.29 is 4.79 Å². The fourth-order valence-electron chi connectivity index (χ4n) is 1.50. The Labute approximate surface area is 105 Å². The summed E-state index contributed by atoms with van der Waals surface area (Å²) in [7, 11) is 0. The number of hydrogen-bond acceptors (Lipinski definition) is 3. The highest BCUT2D eigenvalue weighted by atomic mass is 32.1. The Morgan fingerprint density at radius 1 is 1.41 bits per heavy atom. The topological polar surface area (TPSA) is 42.0 Å². The molecule has 1 N–H and O–H groups in total. The number of hydrogen-bond donors (Lipinski definition) is 1. The van der Waals surface area contributed by atoms with Gasteiger partial charge in [0.2, 0.25) is 5.91 Å². The summed E-state index contributed by atoms with van der Waals surface area (Å²) in [6.07, 6.45) is 4.14. The predicted octanol–water partition coefficient (Wildman–Crippen LogP) is 2.84. The average molecular weight is 246 g/mol. The number of thiophene rings is 1. The Bertz CT molecular complexity index is 494. The van der Waals surface area contributed by atoms with E-state index in [1.165, 1.54) is 5.56 Å². The van der Waals surface area contributed by atoms with Crippen LogP contribution in [0.1, 0.15) is 18.9 Å². The van der Waals surface area contributed by atoms with Gasteiger partial charge in [-0.25, -0.2) is 0 Å². The van der Waals surface area contributed by atoms with Gasteiger partial charge in [0.1, 0.15) is 0 Å². The monoisotopic (exact) mass is 246 g/mol. The van der Waals surface area contributed by atoms with E-state index in [0.29, 0.717) is 13.0 Å². The summed E-state index contributed by atoms with van der Waals surface area (Å²) in [5.74, 6) is 0.0611. The molecule has 0 aromatic carbocycles. The van der Waals surface area contributed by atoms with Crippen molar-refractivity contribution in [2.75, 3.05) is 0 Å². The maximum absolute atomic E-state index is 11.2. The first-order valence-electron chi connectivity index (χ1n) is 5.53. The molecule has 0 fully saturated rings. The molecule has 17 heavy (non-hydrogen) atoms. The first-order chi connectivity index (χ1) is 8.29. The number of nitrogens with zero attached hydrogens (tertiary/aromatic N) is 1. The summed E-state index contributed by atoms with van der Waals surface area (Å²) in [5, 5.41) is 6.98. The Kier molecular flexibility index (Phi) is 3.88. The van der Waals surface area contributed by atoms with E-state index in [1.807, 2.05) is 18.5 Å². The largest absolute Gasteiger partial charge is 0.352 e. The Morgan fingerprint density at radius 2 is 2.29 bits per heavy atom. The molecule has 2 aromatic rings. The fourth-order valence-corrected chi connectivity index (χ4v) is 2.16. The zero-order chi connectivity index (χ0) is 12.1. The van der Waals surface area contributed by atoms with Gasteiger partial charge in [0.15, 0.2) is 0 Å². The summed E-state index contributed by atoms with van der Waals surface area (Å²) in [6, 6.07) is 4.13. The zero-order valence-corrected chi connectivity index (χ0v) is 10.5. The van der Waals surface area contributed by atoms with E-state index in [9.17, 15) is 4.79 Å². The van der Waals surface area contributed by atoms with Gasteiger partial charge in [-0.05, 0) is 34.0 Å². The van der Waals surface area contributed by atoms with Crippen LogP contribution in [0.15, 0.2) is 35.3 Å². The summed E-state index contributed by atoms with van der Waals surface area (Å²) < 4.78 is 0. The minimum Gasteiger partial charge on any atom is -0.352 e. The van der Waals surface area contributed by atoms with Gasteiger partial charge in [0.25, 0.3) is 0 Å². The van der Waals surface area contributed by atoms with Crippen molar-refractivity contribution in [3.8, 4) is 11.1 Å². The first-order valence-corrected chi connectivity index (χ1v) is 6.47. The molecule has 0 saturated carbocycles. The number of amides is 1. The molecular weight excluding hydrogens is 232 g/mol. The first kappa shape index (κ1) is 11.8. The van der Waals surface area contributed by atoms with E-state index in [0.717, 1.165) is 11.1 Å². The molecule has 0 aliphatic rings. The lowest BCUT2D eigenvalue weighted by atomic mass is 10.1. The van der Waals surface area contributed by atoms with E-state index in [4.69, 9.17) is 0 Å². The third kappa shape index (κ3) is 3.14. The van der Waals surface area contributed by atoms with Crippen molar-refractivity contribution in [2.45, 2.75) is 19.9 Å². The van der Waals surface area contributed by atoms with Crippen molar-refractivity contribution in [3.63, 3.8) is 0 Å². The minimum atomic E-state index is 0.0611. The van der Waals surface area contributed by atoms with Crippen LogP contribution in [0.3, 0.4) is 0 Å². The SMILES string of the molecule is CCC(=O)NCc1cncc(-c2ccsc2)c1. The van der Waals surface area contributed by atoms with Gasteiger partial charge in [-0.2, -0.15) is 11.3 Å². The predicted molar refractivity (Wildman–Crippen MR) is 69.7 cm³/mol. The van der Waals surface area contributed by atoms with Crippen LogP contribution < -0.4 is 5.32 Å². The summed E-state index contributed by atoms with van der Waals surface area (Å²) in [4.78, 5) is 15.4. The third-order valence-corrected chi connectivity index (χ3v) is 3.14. The smallest absolute Gasteiger partial charge is 0.219 e. The molecule has 2 rings (SSSR count). The van der Waals surface area contributed by atoms with E-state index in [2.05, 4.69) is 27.8 Å². The molecular formula is C13H14N2OS. The van der Waals surface area contributed by atoms with E-state index >= 15 is 0 Å². The second kappa shape index (κ2) is 5.59. The Balaban J connectivity index is 2.09. The van der Waals surface area contributed by atoms with Crippen LogP contribution in [0.25, 0.3) is 11.1 Å². The summed E-state index contributed by atoms with van der Waals surface area (Å²) in [5.41, 5.74) is 3.29. The molecule has 4 heteroatoms. The Morgan fingerprint density at radius 3 is 3.00 bits per heavy atom. The van der Waals surface area contributed by atoms with Crippen LogP contribution in [0, 0.1) is 0 Å². The number of pyridine rings is 1. The second-order valence-electron chi connectivity index (χ2n) is 3.72. The number of carbonyl (C=O) groups excluding carboxylic acids is 1. The van der Waals surface area contributed by atoms with Crippen molar-refractivity contribution >= 4 is 17.2 Å². The van der Waals surface area contributed by atoms with Crippen LogP contribution in [-0.4, -0.2) is 10.9 Å². The standard InChI is InChI=1S/C13H14N2OS/c1-2-13(16)15-7-10-5-12(8-14-6-10)11-3-4-17-9-11/h3-6,8-9H,2,7H2,1H3,(H,15,16). The lowest BCUT2D eigenvalue weighted by molar-refractivity contribution is -0.120. The minimum absolute atomic E-state index is 0.0611. The van der Waals surface area contributed by atoms with Gasteiger partial charge in [0.05, 0.1) is 0 Å². The molecule has 88 valence electrons. The summed E-state index contributed by atoms with van der Waals surface area (Å²) in [6.45, 7) is 2.38. The molecule has 0 radical (unpaired) electrons. The number of nitrogens with one attached hydrogen (secondary N) is 1. The van der Waals surface area contributed by atoms with Crippen LogP contribution in [0.4, 0.5) is 0 Å². The van der Waals surface area contributed by atoms with Crippen LogP contribution in [0.5, 0.6) is 0 Å². The van der Waals surface area contributed by atoms with Crippen molar-refractivity contribution in [3.05, 3.63) is 40.8 Å². The van der Waals surface area contributed by atoms with Crippen molar-refractivity contribution in [1.82, 2.24) is 10.3 Å². The van der Waals surface area contributed by atoms with Gasteiger partial charge in [-0.15, -0.1) is 0 Å². The molecule has 0 atom stereocenters. The lowest BCUT2D eigenvalue weighted by Crippen LogP contribution is -2.21. The van der Waals surface area contributed by atoms with E-state index < -0.39 is 0 Å². The van der Waals surface area contributed by atoms with Gasteiger partial charge < -0.3 is 5.32 Å². The highest BCUT2D eigenvalue weighted by Crippen LogP contribution is 2.21. The fraction of sp³-hybridized carbons (Fsp3) is 0.231. The molecule has 0 unspecified atom stereocenters. The molecule has 0 saturated heterocycles. The normalized spacial score (nSPS) is 10.2. The third-order valence-electron chi connectivity index (χ3n) is 2.46. The summed E-state index contributed by atoms with van der Waals surface area (Å²) >= 11 is 1.66. The molecule has 2 heterocycles. The van der Waals surface area contributed by atoms with E-state index in [-0.39, 0.29) is 5.91 Å². The van der Waals surface area contributed by atoms with Gasteiger partial charge >= 0.3 is 0 Å². The molecule has 0 spiro atoms. The van der Waals surface area contributed by atoms with Crippen LogP contribution >= 0.6 is 11.3 Å². The zero-order valence-electron chi connectivity index (χ0n) is 9.64. The average Bonchev–Trinajstić information content (AvgIpc) is 2.90. The molecule has 1 amide bonds. The second-order valence-corrected chi connectivity index (χ2v) is 4.50. The van der Waals surface area contributed by atoms with E-state index in [1.54, 1.807) is 17.5 Å². The number of aromatic nitrogens is 1. The van der Waals surface area contributed by atoms with Crippen molar-refractivity contribution in [2.24, 2.45) is 0 Å². The van der Waals surface area contributed by atoms with Crippen LogP contribution in [-0.2, 0) is 11.3 Å². The lowest BCUT2D eigenvalue weighted by Gasteiger charge is -2.05. The molecule has 2 aromatic heterocycles. The molecule has 0 aliphatic heterocycles. The molecule has 0 aliphatic carbocycles. The Hall–Kier alpha value is -1.68. The number of rotatable bonds is 4. The molecule has 3 nitrogen and oxygen atoms in total. The van der Waals surface area contributed by atoms with Gasteiger partial charge in [0, 0.05) is 30.9 Å². The number of carbonyl (C=O) groups is 1. The quantitative estimate of drug-likeness (QED) is 0.901. The highest BCUT2D eigenvalue weighted by molar-refractivity contribution is 7.08. The van der Waals surface area contributed by atoms with Crippen LogP contribution in [0.2, 0.25) is 0 Å². The van der Waals surface area contributed by atoms with Gasteiger partial charge in [-0.1, -0.05) is 6.92 Å².